The van der Waals surface area contributed by atoms with Crippen molar-refractivity contribution in [1.82, 2.24) is 15.0 Å². The van der Waals surface area contributed by atoms with E-state index in [-0.39, 0.29) is 13.0 Å². The van der Waals surface area contributed by atoms with Gasteiger partial charge in [0.25, 0.3) is 0 Å². The molecule has 0 aliphatic carbocycles. The SMILES string of the molecule is Cc1cncc(C(CCO)N(O)C(=O)OC(C)(C)C)n1. The Morgan fingerprint density at radius 3 is 2.60 bits per heavy atom. The Hall–Kier alpha value is -1.73. The van der Waals surface area contributed by atoms with Gasteiger partial charge in [-0.05, 0) is 34.1 Å². The van der Waals surface area contributed by atoms with Crippen LogP contribution in [0.15, 0.2) is 12.4 Å². The van der Waals surface area contributed by atoms with E-state index in [0.717, 1.165) is 0 Å². The molecule has 0 aliphatic heterocycles. The van der Waals surface area contributed by atoms with Crippen LogP contribution in [0.1, 0.15) is 44.6 Å². The summed E-state index contributed by atoms with van der Waals surface area (Å²) in [4.78, 5) is 20.0. The van der Waals surface area contributed by atoms with E-state index in [2.05, 4.69) is 9.97 Å². The molecule has 112 valence electrons. The third-order valence-electron chi connectivity index (χ3n) is 2.39. The molecule has 1 heterocycles. The van der Waals surface area contributed by atoms with Gasteiger partial charge in [-0.25, -0.2) is 4.79 Å². The van der Waals surface area contributed by atoms with E-state index in [1.807, 2.05) is 0 Å². The molecule has 1 aromatic rings. The van der Waals surface area contributed by atoms with Crippen LogP contribution in [0.4, 0.5) is 4.79 Å². The zero-order valence-corrected chi connectivity index (χ0v) is 12.2. The van der Waals surface area contributed by atoms with Gasteiger partial charge in [0, 0.05) is 12.8 Å². The van der Waals surface area contributed by atoms with Gasteiger partial charge in [-0.15, -0.1) is 0 Å². The first-order valence-corrected chi connectivity index (χ1v) is 6.35. The van der Waals surface area contributed by atoms with Gasteiger partial charge < -0.3 is 9.84 Å². The second-order valence-electron chi connectivity index (χ2n) is 5.44. The summed E-state index contributed by atoms with van der Waals surface area (Å²) in [5, 5.41) is 19.5. The summed E-state index contributed by atoms with van der Waals surface area (Å²) >= 11 is 0. The first-order valence-electron chi connectivity index (χ1n) is 6.35. The van der Waals surface area contributed by atoms with Crippen molar-refractivity contribution >= 4 is 6.09 Å². The summed E-state index contributed by atoms with van der Waals surface area (Å²) in [6.45, 7) is 6.65. The normalized spacial score (nSPS) is 12.9. The third kappa shape index (κ3) is 4.75. The molecule has 0 saturated carbocycles. The van der Waals surface area contributed by atoms with Crippen molar-refractivity contribution in [1.29, 1.82) is 0 Å². The molecule has 1 atom stereocenters. The van der Waals surface area contributed by atoms with Crippen molar-refractivity contribution in [3.8, 4) is 0 Å². The monoisotopic (exact) mass is 283 g/mol. The van der Waals surface area contributed by atoms with Gasteiger partial charge in [-0.2, -0.15) is 5.06 Å². The number of rotatable bonds is 4. The quantitative estimate of drug-likeness (QED) is 0.646. The van der Waals surface area contributed by atoms with Crippen LogP contribution in [0.5, 0.6) is 0 Å². The Labute approximate surface area is 118 Å². The highest BCUT2D eigenvalue weighted by Gasteiger charge is 2.29. The lowest BCUT2D eigenvalue weighted by Crippen LogP contribution is -2.37. The Balaban J connectivity index is 2.93. The maximum Gasteiger partial charge on any atom is 0.434 e. The zero-order chi connectivity index (χ0) is 15.3. The summed E-state index contributed by atoms with van der Waals surface area (Å²) in [5.41, 5.74) is 0.329. The van der Waals surface area contributed by atoms with Gasteiger partial charge in [0.2, 0.25) is 0 Å². The number of amides is 1. The lowest BCUT2D eigenvalue weighted by atomic mass is 10.1. The molecule has 20 heavy (non-hydrogen) atoms. The van der Waals surface area contributed by atoms with Crippen LogP contribution in [0.3, 0.4) is 0 Å². The minimum Gasteiger partial charge on any atom is -0.442 e. The smallest absolute Gasteiger partial charge is 0.434 e. The zero-order valence-electron chi connectivity index (χ0n) is 12.2. The fourth-order valence-electron chi connectivity index (χ4n) is 1.60. The third-order valence-corrected chi connectivity index (χ3v) is 2.39. The molecule has 0 fully saturated rings. The predicted molar refractivity (Wildman–Crippen MR) is 71.1 cm³/mol. The number of hydroxylamine groups is 2. The predicted octanol–water partition coefficient (Wildman–Crippen LogP) is 1.83. The van der Waals surface area contributed by atoms with Gasteiger partial charge in [0.15, 0.2) is 0 Å². The van der Waals surface area contributed by atoms with Crippen LogP contribution < -0.4 is 0 Å². The van der Waals surface area contributed by atoms with Gasteiger partial charge >= 0.3 is 6.09 Å². The Morgan fingerprint density at radius 2 is 2.10 bits per heavy atom. The highest BCUT2D eigenvalue weighted by molar-refractivity contribution is 5.67. The molecular formula is C13H21N3O4. The molecule has 1 rings (SSSR count). The molecule has 7 nitrogen and oxygen atoms in total. The molecule has 0 bridgehead atoms. The van der Waals surface area contributed by atoms with E-state index in [9.17, 15) is 10.0 Å². The number of hydrogen-bond donors (Lipinski definition) is 2. The minimum absolute atomic E-state index is 0.133. The molecule has 1 unspecified atom stereocenters. The van der Waals surface area contributed by atoms with E-state index in [1.165, 1.54) is 6.20 Å². The minimum atomic E-state index is -0.890. The Morgan fingerprint density at radius 1 is 1.45 bits per heavy atom. The Kier molecular flexibility index (Phi) is 5.41. The van der Waals surface area contributed by atoms with Crippen molar-refractivity contribution in [3.05, 3.63) is 23.8 Å². The number of carbonyl (C=O) groups excluding carboxylic acids is 1. The fourth-order valence-corrected chi connectivity index (χ4v) is 1.60. The first-order chi connectivity index (χ1) is 9.24. The number of aliphatic hydroxyl groups excluding tert-OH is 1. The van der Waals surface area contributed by atoms with Gasteiger partial charge in [0.1, 0.15) is 11.6 Å². The molecule has 0 aliphatic rings. The lowest BCUT2D eigenvalue weighted by Gasteiger charge is -2.28. The Bertz CT molecular complexity index is 459. The van der Waals surface area contributed by atoms with Crippen molar-refractivity contribution in [2.24, 2.45) is 0 Å². The number of aliphatic hydroxyl groups is 1. The molecule has 0 spiro atoms. The van der Waals surface area contributed by atoms with Crippen molar-refractivity contribution in [2.45, 2.75) is 45.8 Å². The van der Waals surface area contributed by atoms with E-state index in [1.54, 1.807) is 33.9 Å². The molecule has 7 heteroatoms. The van der Waals surface area contributed by atoms with Crippen molar-refractivity contribution < 1.29 is 19.8 Å². The van der Waals surface area contributed by atoms with E-state index >= 15 is 0 Å². The molecule has 0 radical (unpaired) electrons. The standard InChI is InChI=1S/C13H21N3O4/c1-9-7-14-8-10(15-9)11(5-6-17)16(19)12(18)20-13(2,3)4/h7-8,11,17,19H,5-6H2,1-4H3. The van der Waals surface area contributed by atoms with Crippen LogP contribution >= 0.6 is 0 Å². The molecule has 0 aromatic carbocycles. The van der Waals surface area contributed by atoms with Crippen LogP contribution in [0, 0.1) is 6.92 Å². The summed E-state index contributed by atoms with van der Waals surface area (Å²) < 4.78 is 5.09. The maximum atomic E-state index is 11.9. The number of carbonyl (C=O) groups is 1. The van der Waals surface area contributed by atoms with Gasteiger partial charge in [-0.3, -0.25) is 15.2 Å². The highest BCUT2D eigenvalue weighted by atomic mass is 16.6. The number of aromatic nitrogens is 2. The van der Waals surface area contributed by atoms with Crippen LogP contribution in [0.2, 0.25) is 0 Å². The largest absolute Gasteiger partial charge is 0.442 e. The maximum absolute atomic E-state index is 11.9. The summed E-state index contributed by atoms with van der Waals surface area (Å²) in [7, 11) is 0. The number of aryl methyl sites for hydroxylation is 1. The summed E-state index contributed by atoms with van der Waals surface area (Å²) in [6, 6.07) is -0.803. The molecule has 1 amide bonds. The van der Waals surface area contributed by atoms with Crippen LogP contribution in [0.25, 0.3) is 0 Å². The summed E-state index contributed by atoms with van der Waals surface area (Å²) in [6.07, 6.45) is 2.25. The second-order valence-corrected chi connectivity index (χ2v) is 5.44. The molecular weight excluding hydrogens is 262 g/mol. The molecule has 2 N–H and O–H groups in total. The topological polar surface area (TPSA) is 95.8 Å². The number of ether oxygens (including phenoxy) is 1. The number of nitrogens with zero attached hydrogens (tertiary/aromatic N) is 3. The van der Waals surface area contributed by atoms with Crippen molar-refractivity contribution in [2.75, 3.05) is 6.61 Å². The average Bonchev–Trinajstić information content (AvgIpc) is 2.33. The number of hydrogen-bond acceptors (Lipinski definition) is 6. The molecule has 1 aromatic heterocycles. The van der Waals surface area contributed by atoms with E-state index < -0.39 is 17.7 Å². The van der Waals surface area contributed by atoms with Gasteiger partial charge in [0.05, 0.1) is 17.6 Å². The van der Waals surface area contributed by atoms with E-state index in [4.69, 9.17) is 9.84 Å². The fraction of sp³-hybridized carbons (Fsp3) is 0.615. The van der Waals surface area contributed by atoms with E-state index in [0.29, 0.717) is 16.5 Å². The van der Waals surface area contributed by atoms with Crippen LogP contribution in [-0.4, -0.2) is 43.6 Å². The lowest BCUT2D eigenvalue weighted by molar-refractivity contribution is -0.126. The summed E-state index contributed by atoms with van der Waals surface area (Å²) in [5.74, 6) is 0. The average molecular weight is 283 g/mol. The highest BCUT2D eigenvalue weighted by Crippen LogP contribution is 2.22. The second kappa shape index (κ2) is 6.62. The first kappa shape index (κ1) is 16.3. The molecule has 0 saturated heterocycles. The van der Waals surface area contributed by atoms with Crippen LogP contribution in [-0.2, 0) is 4.74 Å². The van der Waals surface area contributed by atoms with Gasteiger partial charge in [-0.1, -0.05) is 0 Å². The van der Waals surface area contributed by atoms with Crippen molar-refractivity contribution in [3.63, 3.8) is 0 Å².